The van der Waals surface area contributed by atoms with Gasteiger partial charge in [-0.2, -0.15) is 0 Å². The molecule has 1 atom stereocenters. The Morgan fingerprint density at radius 1 is 1.80 bits per heavy atom. The predicted molar refractivity (Wildman–Crippen MR) is 42.8 cm³/mol. The molecule has 1 aliphatic carbocycles. The third-order valence-corrected chi connectivity index (χ3v) is 1.79. The van der Waals surface area contributed by atoms with Crippen LogP contribution < -0.4 is 0 Å². The predicted octanol–water partition coefficient (Wildman–Crippen LogP) is 2.58. The molecule has 10 heavy (non-hydrogen) atoms. The molecule has 0 saturated carbocycles. The van der Waals surface area contributed by atoms with Crippen molar-refractivity contribution >= 4 is 0 Å². The highest BCUT2D eigenvalue weighted by atomic mass is 16.3. The van der Waals surface area contributed by atoms with Crippen LogP contribution in [0.1, 0.15) is 13.3 Å². The van der Waals surface area contributed by atoms with Crippen molar-refractivity contribution in [2.75, 3.05) is 0 Å². The van der Waals surface area contributed by atoms with Crippen LogP contribution in [0.2, 0.25) is 0 Å². The Kier molecular flexibility index (Phi) is 1.66. The molecule has 0 spiro atoms. The quantitative estimate of drug-likeness (QED) is 0.549. The maximum atomic E-state index is 9.14. The Labute approximate surface area is 61.4 Å². The van der Waals surface area contributed by atoms with Crippen LogP contribution in [0.5, 0.6) is 0 Å². The van der Waals surface area contributed by atoms with E-state index in [4.69, 9.17) is 5.11 Å². The van der Waals surface area contributed by atoms with Gasteiger partial charge in [0, 0.05) is 11.8 Å². The van der Waals surface area contributed by atoms with E-state index in [1.807, 2.05) is 25.2 Å². The fourth-order valence-electron chi connectivity index (χ4n) is 1.03. The van der Waals surface area contributed by atoms with Crippen LogP contribution in [0.15, 0.2) is 36.6 Å². The lowest BCUT2D eigenvalue weighted by atomic mass is 9.83. The van der Waals surface area contributed by atoms with Gasteiger partial charge < -0.3 is 5.11 Å². The number of allylic oxidation sites excluding steroid dienone is 5. The zero-order valence-corrected chi connectivity index (χ0v) is 6.17. The maximum Gasteiger partial charge on any atom is 0.0934 e. The summed E-state index contributed by atoms with van der Waals surface area (Å²) in [5.74, 6) is 0.435. The normalized spacial score (nSPS) is 31.5. The van der Waals surface area contributed by atoms with Crippen molar-refractivity contribution in [3.63, 3.8) is 0 Å². The highest BCUT2D eigenvalue weighted by Crippen LogP contribution is 2.30. The van der Waals surface area contributed by atoms with Crippen LogP contribution in [-0.2, 0) is 0 Å². The van der Waals surface area contributed by atoms with E-state index in [1.54, 1.807) is 6.08 Å². The first-order chi connectivity index (χ1) is 4.66. The fourth-order valence-corrected chi connectivity index (χ4v) is 1.03. The number of aliphatic hydroxyl groups is 1. The molecule has 1 heteroatoms. The molecule has 0 saturated heterocycles. The van der Waals surface area contributed by atoms with E-state index in [1.165, 1.54) is 0 Å². The summed E-state index contributed by atoms with van der Waals surface area (Å²) in [4.78, 5) is 0. The van der Waals surface area contributed by atoms with Gasteiger partial charge in [0.2, 0.25) is 0 Å². The van der Waals surface area contributed by atoms with E-state index in [9.17, 15) is 0 Å². The van der Waals surface area contributed by atoms with Gasteiger partial charge in [-0.3, -0.25) is 0 Å². The summed E-state index contributed by atoms with van der Waals surface area (Å²) < 4.78 is 0. The monoisotopic (exact) mass is 136 g/mol. The highest BCUT2D eigenvalue weighted by Gasteiger charge is 2.19. The van der Waals surface area contributed by atoms with Crippen LogP contribution in [-0.4, -0.2) is 5.11 Å². The maximum absolute atomic E-state index is 9.14. The van der Waals surface area contributed by atoms with Crippen LogP contribution in [0.3, 0.4) is 0 Å². The van der Waals surface area contributed by atoms with Gasteiger partial charge in [0.25, 0.3) is 0 Å². The van der Waals surface area contributed by atoms with E-state index < -0.39 is 0 Å². The SMILES string of the molecule is C=CC1(C)C=CC=C(O)C1. The third kappa shape index (κ3) is 1.29. The van der Waals surface area contributed by atoms with Crippen molar-refractivity contribution in [3.05, 3.63) is 36.6 Å². The van der Waals surface area contributed by atoms with E-state index in [0.717, 1.165) is 0 Å². The molecule has 0 fully saturated rings. The summed E-state index contributed by atoms with van der Waals surface area (Å²) in [7, 11) is 0. The summed E-state index contributed by atoms with van der Waals surface area (Å²) in [6, 6.07) is 0. The molecule has 1 unspecified atom stereocenters. The fraction of sp³-hybridized carbons (Fsp3) is 0.333. The van der Waals surface area contributed by atoms with Crippen molar-refractivity contribution in [1.82, 2.24) is 0 Å². The molecule has 0 aliphatic heterocycles. The standard InChI is InChI=1S/C9H12O/c1-3-9(2)6-4-5-8(10)7-9/h3-6,10H,1,7H2,2H3. The van der Waals surface area contributed by atoms with Crippen molar-refractivity contribution < 1.29 is 5.11 Å². The minimum Gasteiger partial charge on any atom is -0.512 e. The number of rotatable bonds is 1. The molecule has 54 valence electrons. The zero-order valence-electron chi connectivity index (χ0n) is 6.17. The topological polar surface area (TPSA) is 20.2 Å². The van der Waals surface area contributed by atoms with Gasteiger partial charge >= 0.3 is 0 Å². The third-order valence-electron chi connectivity index (χ3n) is 1.79. The van der Waals surface area contributed by atoms with Crippen molar-refractivity contribution in [1.29, 1.82) is 0 Å². The molecule has 1 rings (SSSR count). The van der Waals surface area contributed by atoms with Gasteiger partial charge in [0.15, 0.2) is 0 Å². The Bertz CT molecular complexity index is 201. The molecule has 0 aromatic carbocycles. The smallest absolute Gasteiger partial charge is 0.0934 e. The minimum atomic E-state index is -0.0428. The van der Waals surface area contributed by atoms with Crippen LogP contribution in [0.4, 0.5) is 0 Å². The van der Waals surface area contributed by atoms with E-state index in [-0.39, 0.29) is 5.41 Å². The molecule has 0 radical (unpaired) electrons. The Balaban J connectivity index is 2.80. The van der Waals surface area contributed by atoms with Crippen molar-refractivity contribution in [2.24, 2.45) is 5.41 Å². The average molecular weight is 136 g/mol. The lowest BCUT2D eigenvalue weighted by Gasteiger charge is -2.22. The second-order valence-electron chi connectivity index (χ2n) is 2.90. The van der Waals surface area contributed by atoms with E-state index in [2.05, 4.69) is 6.58 Å². The van der Waals surface area contributed by atoms with E-state index in [0.29, 0.717) is 12.2 Å². The van der Waals surface area contributed by atoms with Gasteiger partial charge in [0.1, 0.15) is 0 Å². The summed E-state index contributed by atoms with van der Waals surface area (Å²) in [6.07, 6.45) is 8.14. The van der Waals surface area contributed by atoms with Gasteiger partial charge in [-0.05, 0) is 6.08 Å². The first-order valence-corrected chi connectivity index (χ1v) is 3.37. The van der Waals surface area contributed by atoms with Gasteiger partial charge in [-0.15, -0.1) is 6.58 Å². The number of hydrogen-bond donors (Lipinski definition) is 1. The lowest BCUT2D eigenvalue weighted by Crippen LogP contribution is -2.12. The van der Waals surface area contributed by atoms with Crippen LogP contribution in [0, 0.1) is 5.41 Å². The van der Waals surface area contributed by atoms with Crippen LogP contribution in [0.25, 0.3) is 0 Å². The Morgan fingerprint density at radius 3 is 2.90 bits per heavy atom. The Hall–Kier alpha value is -0.980. The first-order valence-electron chi connectivity index (χ1n) is 3.37. The Morgan fingerprint density at radius 2 is 2.50 bits per heavy atom. The van der Waals surface area contributed by atoms with E-state index >= 15 is 0 Å². The van der Waals surface area contributed by atoms with Crippen LogP contribution >= 0.6 is 0 Å². The highest BCUT2D eigenvalue weighted by molar-refractivity contribution is 5.22. The molecule has 1 N–H and O–H groups in total. The zero-order chi connectivity index (χ0) is 7.61. The minimum absolute atomic E-state index is 0.0428. The molecule has 1 nitrogen and oxygen atoms in total. The molecule has 0 heterocycles. The van der Waals surface area contributed by atoms with Gasteiger partial charge in [-0.1, -0.05) is 25.2 Å². The van der Waals surface area contributed by atoms with Gasteiger partial charge in [0.05, 0.1) is 5.76 Å². The molecular weight excluding hydrogens is 124 g/mol. The molecule has 0 aromatic rings. The molecule has 0 bridgehead atoms. The summed E-state index contributed by atoms with van der Waals surface area (Å²) in [5, 5.41) is 9.14. The first kappa shape index (κ1) is 7.13. The lowest BCUT2D eigenvalue weighted by molar-refractivity contribution is 0.342. The molecular formula is C9H12O. The second-order valence-corrected chi connectivity index (χ2v) is 2.90. The molecule has 0 amide bonds. The second kappa shape index (κ2) is 2.33. The van der Waals surface area contributed by atoms with Crippen molar-refractivity contribution in [3.8, 4) is 0 Å². The summed E-state index contributed by atoms with van der Waals surface area (Å²) in [6.45, 7) is 5.74. The van der Waals surface area contributed by atoms with Gasteiger partial charge in [-0.25, -0.2) is 0 Å². The molecule has 0 aromatic heterocycles. The average Bonchev–Trinajstić information content (AvgIpc) is 1.88. The largest absolute Gasteiger partial charge is 0.512 e. The number of aliphatic hydroxyl groups excluding tert-OH is 1. The summed E-state index contributed by atoms with van der Waals surface area (Å²) >= 11 is 0. The summed E-state index contributed by atoms with van der Waals surface area (Å²) in [5.41, 5.74) is -0.0428. The molecule has 1 aliphatic rings. The van der Waals surface area contributed by atoms with Crippen molar-refractivity contribution in [2.45, 2.75) is 13.3 Å². The number of hydrogen-bond acceptors (Lipinski definition) is 1.